The van der Waals surface area contributed by atoms with E-state index in [-0.39, 0.29) is 0 Å². The van der Waals surface area contributed by atoms with E-state index in [0.717, 1.165) is 13.1 Å². The predicted molar refractivity (Wildman–Crippen MR) is 51.7 cm³/mol. The molecule has 0 aliphatic carbocycles. The van der Waals surface area contributed by atoms with Crippen LogP contribution in [-0.2, 0) is 0 Å². The van der Waals surface area contributed by atoms with Crippen LogP contribution in [0.5, 0.6) is 0 Å². The van der Waals surface area contributed by atoms with Crippen LogP contribution in [0.25, 0.3) is 0 Å². The van der Waals surface area contributed by atoms with E-state index in [9.17, 15) is 0 Å². The highest BCUT2D eigenvalue weighted by atomic mass is 33.1. The van der Waals surface area contributed by atoms with Gasteiger partial charge in [-0.3, -0.25) is 4.90 Å². The molecule has 0 amide bonds. The van der Waals surface area contributed by atoms with Crippen molar-refractivity contribution in [2.75, 3.05) is 19.6 Å². The fraction of sp³-hybridized carbons (Fsp3) is 0.857. The first-order chi connectivity index (χ1) is 5.36. The predicted octanol–water partition coefficient (Wildman–Crippen LogP) is 1.55. The molecule has 2 nitrogen and oxygen atoms in total. The summed E-state index contributed by atoms with van der Waals surface area (Å²) in [4.78, 5) is 2.19. The van der Waals surface area contributed by atoms with Gasteiger partial charge in [-0.1, -0.05) is 10.8 Å². The molecule has 1 aliphatic rings. The number of likely N-dealkylation sites (tertiary alicyclic amines) is 1. The van der Waals surface area contributed by atoms with Crippen LogP contribution >= 0.6 is 22.5 Å². The van der Waals surface area contributed by atoms with Crippen molar-refractivity contribution >= 4 is 22.5 Å². The average Bonchev–Trinajstić information content (AvgIpc) is 2.07. The minimum Gasteiger partial charge on any atom is -0.291 e. The van der Waals surface area contributed by atoms with E-state index >= 15 is 0 Å². The van der Waals surface area contributed by atoms with Gasteiger partial charge in [-0.25, -0.2) is 0 Å². The lowest BCUT2D eigenvalue weighted by Gasteiger charge is -2.28. The smallest absolute Gasteiger partial charge is 0.0866 e. The molecule has 0 aromatic heterocycles. The minimum atomic E-state index is 0.587. The Bertz CT molecular complexity index is 147. The average molecular weight is 188 g/mol. The monoisotopic (exact) mass is 188 g/mol. The molecular weight excluding hydrogens is 176 g/mol. The molecule has 1 rings (SSSR count). The van der Waals surface area contributed by atoms with Gasteiger partial charge in [0.25, 0.3) is 0 Å². The fourth-order valence-corrected chi connectivity index (χ4v) is 2.33. The maximum absolute atomic E-state index is 8.43. The van der Waals surface area contributed by atoms with Crippen molar-refractivity contribution in [2.24, 2.45) is 0 Å². The van der Waals surface area contributed by atoms with Gasteiger partial charge in [0, 0.05) is 18.3 Å². The lowest BCUT2D eigenvalue weighted by molar-refractivity contribution is 0.259. The molecule has 11 heavy (non-hydrogen) atoms. The van der Waals surface area contributed by atoms with E-state index < -0.39 is 0 Å². The molecule has 0 saturated carbocycles. The van der Waals surface area contributed by atoms with Crippen molar-refractivity contribution in [3.05, 3.63) is 0 Å². The molecule has 1 saturated heterocycles. The number of hydrogen-bond donors (Lipinski definition) is 1. The van der Waals surface area contributed by atoms with Gasteiger partial charge < -0.3 is 0 Å². The Kier molecular flexibility index (Phi) is 4.13. The zero-order chi connectivity index (χ0) is 8.10. The van der Waals surface area contributed by atoms with Gasteiger partial charge in [0.15, 0.2) is 0 Å². The topological polar surface area (TPSA) is 27.0 Å². The van der Waals surface area contributed by atoms with E-state index in [1.807, 2.05) is 0 Å². The van der Waals surface area contributed by atoms with E-state index in [1.54, 1.807) is 10.8 Å². The lowest BCUT2D eigenvalue weighted by Crippen LogP contribution is -2.34. The van der Waals surface area contributed by atoms with Gasteiger partial charge in [0.05, 0.1) is 12.6 Å². The Hall–Kier alpha value is 0.150. The van der Waals surface area contributed by atoms with Crippen LogP contribution < -0.4 is 0 Å². The Labute approximate surface area is 76.8 Å². The second kappa shape index (κ2) is 4.91. The lowest BCUT2D eigenvalue weighted by atomic mass is 10.1. The highest BCUT2D eigenvalue weighted by molar-refractivity contribution is 8.68. The molecule has 62 valence electrons. The summed E-state index contributed by atoms with van der Waals surface area (Å²) < 4.78 is 0. The molecule has 0 unspecified atom stereocenters. The van der Waals surface area contributed by atoms with E-state index in [0.29, 0.717) is 11.8 Å². The summed E-state index contributed by atoms with van der Waals surface area (Å²) in [7, 11) is 1.65. The van der Waals surface area contributed by atoms with Crippen LogP contribution in [0, 0.1) is 11.3 Å². The van der Waals surface area contributed by atoms with Gasteiger partial charge in [0.1, 0.15) is 0 Å². The third-order valence-electron chi connectivity index (χ3n) is 1.98. The summed E-state index contributed by atoms with van der Waals surface area (Å²) >= 11 is 4.18. The van der Waals surface area contributed by atoms with Crippen LogP contribution in [0.3, 0.4) is 0 Å². The highest BCUT2D eigenvalue weighted by Crippen LogP contribution is 2.25. The van der Waals surface area contributed by atoms with Crippen LogP contribution in [-0.4, -0.2) is 29.8 Å². The molecular formula is C7H12N2S2. The summed E-state index contributed by atoms with van der Waals surface area (Å²) in [5.74, 6) is 0. The molecule has 0 N–H and O–H groups in total. The van der Waals surface area contributed by atoms with Gasteiger partial charge in [-0.15, -0.1) is 11.7 Å². The highest BCUT2D eigenvalue weighted by Gasteiger charge is 2.17. The van der Waals surface area contributed by atoms with Crippen LogP contribution in [0.1, 0.15) is 12.8 Å². The number of rotatable bonds is 2. The van der Waals surface area contributed by atoms with Crippen molar-refractivity contribution in [3.8, 4) is 6.07 Å². The van der Waals surface area contributed by atoms with Crippen LogP contribution in [0.4, 0.5) is 0 Å². The number of nitrogens with zero attached hydrogens (tertiary/aromatic N) is 2. The third-order valence-corrected chi connectivity index (χ3v) is 3.64. The largest absolute Gasteiger partial charge is 0.291 e. The molecule has 0 aromatic rings. The normalized spacial score (nSPS) is 21.5. The van der Waals surface area contributed by atoms with Gasteiger partial charge in [-0.2, -0.15) is 5.26 Å². The Morgan fingerprint density at radius 1 is 1.55 bits per heavy atom. The molecule has 1 heterocycles. The summed E-state index contributed by atoms with van der Waals surface area (Å²) in [6.07, 6.45) is 2.35. The summed E-state index contributed by atoms with van der Waals surface area (Å²) in [6, 6.07) is 2.17. The molecule has 0 atom stereocenters. The number of piperidine rings is 1. The molecule has 0 bridgehead atoms. The van der Waals surface area contributed by atoms with Gasteiger partial charge >= 0.3 is 0 Å². The zero-order valence-electron chi connectivity index (χ0n) is 6.36. The zero-order valence-corrected chi connectivity index (χ0v) is 8.07. The summed E-state index contributed by atoms with van der Waals surface area (Å²) in [5.41, 5.74) is 0. The third kappa shape index (κ3) is 2.94. The fourth-order valence-electron chi connectivity index (χ4n) is 1.27. The van der Waals surface area contributed by atoms with E-state index in [2.05, 4.69) is 22.6 Å². The van der Waals surface area contributed by atoms with Crippen molar-refractivity contribution in [1.29, 1.82) is 5.26 Å². The van der Waals surface area contributed by atoms with Crippen molar-refractivity contribution < 1.29 is 0 Å². The number of hydrogen-bond acceptors (Lipinski definition) is 4. The Morgan fingerprint density at radius 2 is 2.18 bits per heavy atom. The van der Waals surface area contributed by atoms with Crippen molar-refractivity contribution in [2.45, 2.75) is 18.1 Å². The SMILES string of the molecule is N#CCN1CCC(SS)CC1. The van der Waals surface area contributed by atoms with Gasteiger partial charge in [0.2, 0.25) is 0 Å². The number of thiol groups is 1. The van der Waals surface area contributed by atoms with Crippen molar-refractivity contribution in [1.82, 2.24) is 4.90 Å². The van der Waals surface area contributed by atoms with Crippen LogP contribution in [0.2, 0.25) is 0 Å². The molecule has 1 fully saturated rings. The molecule has 1 aliphatic heterocycles. The van der Waals surface area contributed by atoms with Gasteiger partial charge in [-0.05, 0) is 12.8 Å². The molecule has 0 aromatic carbocycles. The number of nitriles is 1. The maximum atomic E-state index is 8.43. The van der Waals surface area contributed by atoms with Crippen molar-refractivity contribution in [3.63, 3.8) is 0 Å². The molecule has 4 heteroatoms. The summed E-state index contributed by atoms with van der Waals surface area (Å²) in [6.45, 7) is 2.71. The van der Waals surface area contributed by atoms with Crippen LogP contribution in [0.15, 0.2) is 0 Å². The second-order valence-electron chi connectivity index (χ2n) is 2.74. The maximum Gasteiger partial charge on any atom is 0.0866 e. The first-order valence-corrected chi connectivity index (χ1v) is 5.69. The Balaban J connectivity index is 2.20. The summed E-state index contributed by atoms with van der Waals surface area (Å²) in [5, 5.41) is 9.13. The molecule has 0 spiro atoms. The second-order valence-corrected chi connectivity index (χ2v) is 4.25. The first kappa shape index (κ1) is 9.24. The molecule has 0 radical (unpaired) electrons. The standard InChI is InChI=1S/C7H12N2S2/c8-3-6-9-4-1-7(11-10)2-5-9/h7,10H,1-2,4-6H2. The first-order valence-electron chi connectivity index (χ1n) is 3.76. The van der Waals surface area contributed by atoms with E-state index in [4.69, 9.17) is 5.26 Å². The van der Waals surface area contributed by atoms with E-state index in [1.165, 1.54) is 12.8 Å². The quantitative estimate of drug-likeness (QED) is 0.405. The minimum absolute atomic E-state index is 0.587. The Morgan fingerprint density at radius 3 is 2.64 bits per heavy atom.